The lowest BCUT2D eigenvalue weighted by molar-refractivity contribution is -0.124. The SMILES string of the molecule is CCCCSCCC(NC)(C(N)=O)c1ccccc1. The van der Waals surface area contributed by atoms with Gasteiger partial charge in [-0.15, -0.1) is 0 Å². The van der Waals surface area contributed by atoms with Crippen molar-refractivity contribution in [2.45, 2.75) is 31.7 Å². The summed E-state index contributed by atoms with van der Waals surface area (Å²) in [4.78, 5) is 11.9. The average molecular weight is 280 g/mol. The number of unbranched alkanes of at least 4 members (excludes halogenated alkanes) is 1. The Hall–Kier alpha value is -1.00. The van der Waals surface area contributed by atoms with Gasteiger partial charge in [0, 0.05) is 0 Å². The summed E-state index contributed by atoms with van der Waals surface area (Å²) in [7, 11) is 1.80. The van der Waals surface area contributed by atoms with Crippen molar-refractivity contribution in [1.29, 1.82) is 0 Å². The molecule has 106 valence electrons. The fourth-order valence-electron chi connectivity index (χ4n) is 2.10. The first kappa shape index (κ1) is 16.1. The van der Waals surface area contributed by atoms with Crippen LogP contribution in [0.1, 0.15) is 31.7 Å². The lowest BCUT2D eigenvalue weighted by atomic mass is 9.86. The first-order chi connectivity index (χ1) is 9.17. The predicted octanol–water partition coefficient (Wildman–Crippen LogP) is 2.51. The first-order valence-electron chi connectivity index (χ1n) is 6.79. The maximum Gasteiger partial charge on any atom is 0.242 e. The van der Waals surface area contributed by atoms with E-state index in [4.69, 9.17) is 5.73 Å². The number of amides is 1. The number of likely N-dealkylation sites (N-methyl/N-ethyl adjacent to an activating group) is 1. The standard InChI is InChI=1S/C15H24N2OS/c1-3-4-11-19-12-10-15(17-2,14(16)18)13-8-6-5-7-9-13/h5-9,17H,3-4,10-12H2,1-2H3,(H2,16,18). The quantitative estimate of drug-likeness (QED) is 0.683. The van der Waals surface area contributed by atoms with Gasteiger partial charge in [0.15, 0.2) is 0 Å². The van der Waals surface area contributed by atoms with E-state index >= 15 is 0 Å². The molecular formula is C15H24N2OS. The zero-order valence-corrected chi connectivity index (χ0v) is 12.6. The van der Waals surface area contributed by atoms with Gasteiger partial charge in [-0.1, -0.05) is 43.7 Å². The monoisotopic (exact) mass is 280 g/mol. The molecule has 0 saturated heterocycles. The summed E-state index contributed by atoms with van der Waals surface area (Å²) in [6.07, 6.45) is 3.15. The molecule has 19 heavy (non-hydrogen) atoms. The summed E-state index contributed by atoms with van der Waals surface area (Å²) in [5.74, 6) is 1.76. The third kappa shape index (κ3) is 4.25. The summed E-state index contributed by atoms with van der Waals surface area (Å²) in [5, 5.41) is 3.13. The molecule has 1 aromatic carbocycles. The van der Waals surface area contributed by atoms with Gasteiger partial charge in [-0.05, 0) is 37.0 Å². The molecule has 1 unspecified atom stereocenters. The van der Waals surface area contributed by atoms with Gasteiger partial charge in [0.25, 0.3) is 0 Å². The fraction of sp³-hybridized carbons (Fsp3) is 0.533. The highest BCUT2D eigenvalue weighted by molar-refractivity contribution is 7.99. The van der Waals surface area contributed by atoms with Crippen LogP contribution in [0.5, 0.6) is 0 Å². The van der Waals surface area contributed by atoms with Crippen molar-refractivity contribution in [3.8, 4) is 0 Å². The summed E-state index contributed by atoms with van der Waals surface area (Å²) in [6.45, 7) is 2.19. The summed E-state index contributed by atoms with van der Waals surface area (Å²) >= 11 is 1.88. The number of benzene rings is 1. The molecule has 1 aromatic rings. The second kappa shape index (κ2) is 8.23. The van der Waals surface area contributed by atoms with E-state index in [9.17, 15) is 4.79 Å². The third-order valence-corrected chi connectivity index (χ3v) is 4.45. The number of nitrogens with one attached hydrogen (secondary N) is 1. The van der Waals surface area contributed by atoms with Crippen molar-refractivity contribution in [3.05, 3.63) is 35.9 Å². The van der Waals surface area contributed by atoms with Crippen LogP contribution in [0.15, 0.2) is 30.3 Å². The molecule has 0 bridgehead atoms. The average Bonchev–Trinajstić information content (AvgIpc) is 2.44. The highest BCUT2D eigenvalue weighted by Crippen LogP contribution is 2.26. The molecule has 0 fully saturated rings. The minimum atomic E-state index is -0.750. The van der Waals surface area contributed by atoms with Gasteiger partial charge in [0.05, 0.1) is 0 Å². The van der Waals surface area contributed by atoms with Crippen molar-refractivity contribution >= 4 is 17.7 Å². The normalized spacial score (nSPS) is 14.0. The number of carbonyl (C=O) groups is 1. The molecule has 0 heterocycles. The Morgan fingerprint density at radius 2 is 2.00 bits per heavy atom. The number of carbonyl (C=O) groups excluding carboxylic acids is 1. The largest absolute Gasteiger partial charge is 0.368 e. The van der Waals surface area contributed by atoms with Crippen molar-refractivity contribution < 1.29 is 4.79 Å². The Bertz CT molecular complexity index is 383. The molecule has 0 aliphatic carbocycles. The Morgan fingerprint density at radius 1 is 1.32 bits per heavy atom. The lowest BCUT2D eigenvalue weighted by Gasteiger charge is -2.30. The lowest BCUT2D eigenvalue weighted by Crippen LogP contribution is -2.51. The zero-order chi connectivity index (χ0) is 14.1. The molecule has 1 rings (SSSR count). The molecule has 0 spiro atoms. The van der Waals surface area contributed by atoms with Gasteiger partial charge in [0.2, 0.25) is 5.91 Å². The summed E-state index contributed by atoms with van der Waals surface area (Å²) < 4.78 is 0. The van der Waals surface area contributed by atoms with Gasteiger partial charge >= 0.3 is 0 Å². The topological polar surface area (TPSA) is 55.1 Å². The molecule has 3 nitrogen and oxygen atoms in total. The second-order valence-electron chi connectivity index (χ2n) is 4.60. The molecule has 1 atom stereocenters. The maximum atomic E-state index is 11.9. The predicted molar refractivity (Wildman–Crippen MR) is 83.2 cm³/mol. The van der Waals surface area contributed by atoms with Gasteiger partial charge in [-0.3, -0.25) is 4.79 Å². The van der Waals surface area contributed by atoms with Gasteiger partial charge in [0.1, 0.15) is 5.54 Å². The van der Waals surface area contributed by atoms with Gasteiger partial charge in [-0.25, -0.2) is 0 Å². The van der Waals surface area contributed by atoms with E-state index < -0.39 is 5.54 Å². The number of primary amides is 1. The van der Waals surface area contributed by atoms with Crippen LogP contribution in [0, 0.1) is 0 Å². The number of thioether (sulfide) groups is 1. The number of nitrogens with two attached hydrogens (primary N) is 1. The molecule has 0 saturated carbocycles. The van der Waals surface area contributed by atoms with E-state index in [-0.39, 0.29) is 5.91 Å². The van der Waals surface area contributed by atoms with Crippen LogP contribution in [0.2, 0.25) is 0 Å². The van der Waals surface area contributed by atoms with E-state index in [0.29, 0.717) is 0 Å². The van der Waals surface area contributed by atoms with E-state index in [1.807, 2.05) is 42.1 Å². The Balaban J connectivity index is 2.74. The minimum Gasteiger partial charge on any atom is -0.368 e. The van der Waals surface area contributed by atoms with Crippen molar-refractivity contribution in [2.75, 3.05) is 18.6 Å². The molecule has 4 heteroatoms. The Kier molecular flexibility index (Phi) is 6.95. The fourth-order valence-corrected chi connectivity index (χ4v) is 3.25. The molecule has 0 aliphatic rings. The molecule has 0 aliphatic heterocycles. The summed E-state index contributed by atoms with van der Waals surface area (Å²) in [6, 6.07) is 9.74. The second-order valence-corrected chi connectivity index (χ2v) is 5.83. The molecule has 1 amide bonds. The molecule has 3 N–H and O–H groups in total. The van der Waals surface area contributed by atoms with Crippen LogP contribution in [-0.4, -0.2) is 24.5 Å². The Labute approximate surface area is 120 Å². The van der Waals surface area contributed by atoms with E-state index in [1.165, 1.54) is 12.8 Å². The molecular weight excluding hydrogens is 256 g/mol. The maximum absolute atomic E-state index is 11.9. The van der Waals surface area contributed by atoms with Gasteiger partial charge < -0.3 is 11.1 Å². The van der Waals surface area contributed by atoms with Crippen LogP contribution in [0.4, 0.5) is 0 Å². The highest BCUT2D eigenvalue weighted by Gasteiger charge is 2.36. The molecule has 0 radical (unpaired) electrons. The molecule has 0 aromatic heterocycles. The van der Waals surface area contributed by atoms with Crippen LogP contribution in [0.3, 0.4) is 0 Å². The highest BCUT2D eigenvalue weighted by atomic mass is 32.2. The number of hydrogen-bond donors (Lipinski definition) is 2. The first-order valence-corrected chi connectivity index (χ1v) is 7.95. The smallest absolute Gasteiger partial charge is 0.242 e. The third-order valence-electron chi connectivity index (χ3n) is 3.38. The minimum absolute atomic E-state index is 0.308. The number of hydrogen-bond acceptors (Lipinski definition) is 3. The number of rotatable bonds is 9. The van der Waals surface area contributed by atoms with Crippen LogP contribution in [-0.2, 0) is 10.3 Å². The van der Waals surface area contributed by atoms with E-state index in [2.05, 4.69) is 12.2 Å². The van der Waals surface area contributed by atoms with Crippen LogP contribution >= 0.6 is 11.8 Å². The summed E-state index contributed by atoms with van der Waals surface area (Å²) in [5.41, 5.74) is 5.84. The van der Waals surface area contributed by atoms with Crippen molar-refractivity contribution in [3.63, 3.8) is 0 Å². The van der Waals surface area contributed by atoms with E-state index in [1.54, 1.807) is 7.05 Å². The zero-order valence-electron chi connectivity index (χ0n) is 11.8. The van der Waals surface area contributed by atoms with Crippen molar-refractivity contribution in [2.24, 2.45) is 5.73 Å². The van der Waals surface area contributed by atoms with Gasteiger partial charge in [-0.2, -0.15) is 11.8 Å². The van der Waals surface area contributed by atoms with Crippen molar-refractivity contribution in [1.82, 2.24) is 5.32 Å². The van der Waals surface area contributed by atoms with Crippen LogP contribution in [0.25, 0.3) is 0 Å². The van der Waals surface area contributed by atoms with E-state index in [0.717, 1.165) is 23.5 Å². The van der Waals surface area contributed by atoms with Crippen LogP contribution < -0.4 is 11.1 Å². The Morgan fingerprint density at radius 3 is 2.53 bits per heavy atom.